The molecule has 2 aromatic rings. The lowest BCUT2D eigenvalue weighted by Gasteiger charge is -2.60. The van der Waals surface area contributed by atoms with Gasteiger partial charge in [0.15, 0.2) is 11.4 Å². The zero-order chi connectivity index (χ0) is 33.8. The van der Waals surface area contributed by atoms with Crippen molar-refractivity contribution in [3.8, 4) is 5.69 Å². The molecule has 2 heterocycles. The minimum absolute atomic E-state index is 0.0176. The Morgan fingerprint density at radius 3 is 2.79 bits per heavy atom. The van der Waals surface area contributed by atoms with Gasteiger partial charge in [0.05, 0.1) is 23.7 Å². The number of nitrogens with zero attached hydrogens (tertiary/aromatic N) is 2. The van der Waals surface area contributed by atoms with Crippen LogP contribution in [0.1, 0.15) is 80.4 Å². The average molecular weight is 681 g/mol. The van der Waals surface area contributed by atoms with Crippen molar-refractivity contribution < 1.29 is 38.1 Å². The number of esters is 1. The average Bonchev–Trinajstić information content (AvgIpc) is 3.78. The van der Waals surface area contributed by atoms with Crippen LogP contribution in [0.25, 0.3) is 11.8 Å². The second kappa shape index (κ2) is 12.8. The number of rotatable bonds is 9. The third-order valence-corrected chi connectivity index (χ3v) is 13.2. The van der Waals surface area contributed by atoms with Crippen molar-refractivity contribution >= 4 is 34.7 Å². The molecule has 1 aliphatic heterocycles. The molecule has 11 heteroatoms. The summed E-state index contributed by atoms with van der Waals surface area (Å²) in [6.07, 6.45) is 8.39. The van der Waals surface area contributed by atoms with Crippen molar-refractivity contribution in [1.82, 2.24) is 9.78 Å². The van der Waals surface area contributed by atoms with Crippen LogP contribution in [-0.4, -0.2) is 76.4 Å². The number of methoxy groups -OCH3 is 1. The Hall–Kier alpha value is -2.86. The summed E-state index contributed by atoms with van der Waals surface area (Å²) in [5, 5.41) is 16.4. The highest BCUT2D eigenvalue weighted by molar-refractivity contribution is 8.13. The molecule has 0 bridgehead atoms. The minimum atomic E-state index is -1.52. The number of benzene rings is 1. The predicted molar refractivity (Wildman–Crippen MR) is 178 cm³/mol. The van der Waals surface area contributed by atoms with Crippen LogP contribution < -0.4 is 0 Å². The summed E-state index contributed by atoms with van der Waals surface area (Å²) in [4.78, 5) is 39.5. The Morgan fingerprint density at radius 2 is 2.04 bits per heavy atom. The van der Waals surface area contributed by atoms with Gasteiger partial charge in [-0.3, -0.25) is 9.59 Å². The first-order valence-electron chi connectivity index (χ1n) is 17.2. The standard InChI is InChI=1S/C37H45FN2O7S/c1-35-16-24-18-39-40(26-6-4-5-23(14-26)30(41)13-22-10-12-46-19-22)29(24)15-25(35)7-8-27-28-9-11-37(34(44)48-21-38,47-32(43)20-45-3)36(28,2)17-31(42)33(27)35/h4-6,14-15,18,22,27-28,31,33,42H,7-13,16-17,19-21H2,1-3H3/t22-,27-,28-,31-,33+,35-,36-,37-/m0/s1. The van der Waals surface area contributed by atoms with Crippen LogP contribution in [0.2, 0.25) is 0 Å². The Morgan fingerprint density at radius 1 is 1.21 bits per heavy atom. The Labute approximate surface area is 285 Å². The number of halogens is 1. The van der Waals surface area contributed by atoms with Gasteiger partial charge in [0.1, 0.15) is 12.6 Å². The van der Waals surface area contributed by atoms with Gasteiger partial charge in [-0.05, 0) is 110 Å². The monoisotopic (exact) mass is 680 g/mol. The number of ketones is 1. The molecule has 48 heavy (non-hydrogen) atoms. The number of aliphatic hydroxyl groups is 1. The van der Waals surface area contributed by atoms with E-state index in [1.807, 2.05) is 42.1 Å². The Kier molecular flexibility index (Phi) is 8.96. The lowest BCUT2D eigenvalue weighted by atomic mass is 9.45. The smallest absolute Gasteiger partial charge is 0.333 e. The molecule has 3 saturated carbocycles. The molecule has 1 aromatic heterocycles. The molecule has 9 nitrogen and oxygen atoms in total. The number of alkyl halides is 1. The highest BCUT2D eigenvalue weighted by atomic mass is 32.2. The molecule has 4 fully saturated rings. The van der Waals surface area contributed by atoms with Crippen molar-refractivity contribution in [3.63, 3.8) is 0 Å². The fraction of sp³-hybridized carbons (Fsp3) is 0.622. The number of carbonyl (C=O) groups excluding carboxylic acids is 3. The third-order valence-electron chi connectivity index (χ3n) is 12.5. The summed E-state index contributed by atoms with van der Waals surface area (Å²) in [6.45, 7) is 5.26. The van der Waals surface area contributed by atoms with E-state index in [-0.39, 0.29) is 47.9 Å². The van der Waals surface area contributed by atoms with Gasteiger partial charge in [-0.15, -0.1) is 0 Å². The zero-order valence-corrected chi connectivity index (χ0v) is 28.7. The number of thioether (sulfide) groups is 1. The number of carbonyl (C=O) groups is 3. The maximum absolute atomic E-state index is 13.6. The largest absolute Gasteiger partial charge is 0.448 e. The SMILES string of the molecule is COCC(=O)O[C@]1(C(=O)SCF)CC[C@H]2[C@@H]3CCC4=Cc5c(cnn5-c5cccc(C(=O)C[C@@H]6CCOC6)c5)C[C@]4(C)[C@H]3[C@@H](O)C[C@@]21C. The third kappa shape index (κ3) is 5.31. The summed E-state index contributed by atoms with van der Waals surface area (Å²) in [5.74, 6) is -0.224. The maximum Gasteiger partial charge on any atom is 0.333 e. The van der Waals surface area contributed by atoms with Crippen LogP contribution in [0.3, 0.4) is 0 Å². The zero-order valence-electron chi connectivity index (χ0n) is 27.9. The molecule has 8 atom stereocenters. The highest BCUT2D eigenvalue weighted by Crippen LogP contribution is 2.69. The molecule has 0 radical (unpaired) electrons. The molecule has 1 saturated heterocycles. The van der Waals surface area contributed by atoms with Gasteiger partial charge >= 0.3 is 5.97 Å². The molecule has 4 aliphatic carbocycles. The van der Waals surface area contributed by atoms with E-state index in [9.17, 15) is 23.9 Å². The summed E-state index contributed by atoms with van der Waals surface area (Å²) in [7, 11) is 1.39. The van der Waals surface area contributed by atoms with E-state index in [1.54, 1.807) is 0 Å². The number of aliphatic hydroxyl groups excluding tert-OH is 1. The number of hydrogen-bond donors (Lipinski definition) is 1. The molecule has 5 aliphatic rings. The molecule has 0 spiro atoms. The number of fused-ring (bicyclic) bond motifs is 6. The van der Waals surface area contributed by atoms with Crippen LogP contribution >= 0.6 is 11.8 Å². The topological polar surface area (TPSA) is 117 Å². The molecule has 258 valence electrons. The van der Waals surface area contributed by atoms with Crippen molar-refractivity contribution in [2.45, 2.75) is 76.9 Å². The Balaban J connectivity index is 1.17. The number of hydrogen-bond acceptors (Lipinski definition) is 9. The van der Waals surface area contributed by atoms with E-state index in [2.05, 4.69) is 13.0 Å². The van der Waals surface area contributed by atoms with E-state index < -0.39 is 34.2 Å². The van der Waals surface area contributed by atoms with E-state index in [1.165, 1.54) is 12.7 Å². The second-order valence-corrected chi connectivity index (χ2v) is 15.9. The second-order valence-electron chi connectivity index (χ2n) is 15.0. The normalized spacial score (nSPS) is 35.2. The first-order valence-corrected chi connectivity index (χ1v) is 18.1. The minimum Gasteiger partial charge on any atom is -0.448 e. The van der Waals surface area contributed by atoms with Crippen molar-refractivity contribution in [2.24, 2.45) is 34.5 Å². The summed E-state index contributed by atoms with van der Waals surface area (Å²) in [5.41, 5.74) is 2.19. The summed E-state index contributed by atoms with van der Waals surface area (Å²) < 4.78 is 31.9. The molecule has 7 rings (SSSR count). The van der Waals surface area contributed by atoms with Gasteiger partial charge in [-0.1, -0.05) is 31.6 Å². The van der Waals surface area contributed by atoms with Gasteiger partial charge < -0.3 is 19.3 Å². The molecule has 1 N–H and O–H groups in total. The number of ether oxygens (including phenoxy) is 3. The molecule has 0 amide bonds. The fourth-order valence-corrected chi connectivity index (χ4v) is 11.1. The van der Waals surface area contributed by atoms with Crippen molar-refractivity contribution in [1.29, 1.82) is 0 Å². The van der Waals surface area contributed by atoms with E-state index in [4.69, 9.17) is 19.3 Å². The van der Waals surface area contributed by atoms with Gasteiger partial charge in [-0.25, -0.2) is 13.9 Å². The van der Waals surface area contributed by atoms with Gasteiger partial charge in [0.2, 0.25) is 5.12 Å². The molecule has 1 aromatic carbocycles. The lowest BCUT2D eigenvalue weighted by molar-refractivity contribution is -0.198. The van der Waals surface area contributed by atoms with E-state index >= 15 is 0 Å². The quantitative estimate of drug-likeness (QED) is 0.261. The van der Waals surface area contributed by atoms with Gasteiger partial charge in [0.25, 0.3) is 0 Å². The summed E-state index contributed by atoms with van der Waals surface area (Å²) in [6, 6.07) is 6.78. The molecule has 0 unspecified atom stereocenters. The first kappa shape index (κ1) is 33.6. The molecular weight excluding hydrogens is 635 g/mol. The van der Waals surface area contributed by atoms with Gasteiger partial charge in [0, 0.05) is 37.7 Å². The fourth-order valence-electron chi connectivity index (χ4n) is 10.4. The van der Waals surface area contributed by atoms with Crippen molar-refractivity contribution in [2.75, 3.05) is 32.9 Å². The highest BCUT2D eigenvalue weighted by Gasteiger charge is 2.70. The first-order chi connectivity index (χ1) is 23.0. The van der Waals surface area contributed by atoms with Crippen LogP contribution in [0, 0.1) is 34.5 Å². The van der Waals surface area contributed by atoms with Crippen LogP contribution in [0.5, 0.6) is 0 Å². The Bertz CT molecular complexity index is 1640. The number of allylic oxidation sites excluding steroid dienone is 1. The van der Waals surface area contributed by atoms with E-state index in [0.29, 0.717) is 56.2 Å². The lowest BCUT2D eigenvalue weighted by Crippen LogP contribution is -2.62. The van der Waals surface area contributed by atoms with Crippen LogP contribution in [0.15, 0.2) is 36.0 Å². The maximum atomic E-state index is 13.6. The number of Topliss-reactive ketones (excluding diaryl/α,β-unsaturated/α-hetero) is 1. The summed E-state index contributed by atoms with van der Waals surface area (Å²) >= 11 is 0.544. The van der Waals surface area contributed by atoms with Crippen LogP contribution in [0.4, 0.5) is 4.39 Å². The predicted octanol–water partition coefficient (Wildman–Crippen LogP) is 5.75. The van der Waals surface area contributed by atoms with Crippen molar-refractivity contribution in [3.05, 3.63) is 52.9 Å². The number of aromatic nitrogens is 2. The van der Waals surface area contributed by atoms with Crippen LogP contribution in [-0.2, 0) is 30.2 Å². The molecular formula is C37H45FN2O7S. The van der Waals surface area contributed by atoms with E-state index in [0.717, 1.165) is 36.2 Å². The van der Waals surface area contributed by atoms with Gasteiger partial charge in [-0.2, -0.15) is 5.10 Å².